The molecule has 9 heteroatoms. The number of rotatable bonds is 11. The van der Waals surface area contributed by atoms with Crippen LogP contribution in [0, 0.1) is 0 Å². The molecule has 4 rings (SSSR count). The van der Waals surface area contributed by atoms with Crippen LogP contribution in [0.2, 0.25) is 0 Å². The van der Waals surface area contributed by atoms with Crippen molar-refractivity contribution in [3.8, 4) is 17.2 Å². The molecule has 0 saturated carbocycles. The molecule has 3 aromatic carbocycles. The number of aliphatic hydroxyl groups excluding tert-OH is 1. The Labute approximate surface area is 228 Å². The minimum Gasteiger partial charge on any atom is -0.497 e. The first kappa shape index (κ1) is 28.4. The van der Waals surface area contributed by atoms with Crippen molar-refractivity contribution < 1.29 is 43.1 Å². The molecule has 0 aliphatic carbocycles. The average Bonchev–Trinajstić information content (AvgIpc) is 2.97. The monoisotopic (exact) mass is 538 g/mol. The van der Waals surface area contributed by atoms with Crippen LogP contribution in [0.1, 0.15) is 28.4 Å². The van der Waals surface area contributed by atoms with Gasteiger partial charge in [0.25, 0.3) is 0 Å². The summed E-state index contributed by atoms with van der Waals surface area (Å²) in [7, 11) is 4.75. The number of esters is 1. The highest BCUT2D eigenvalue weighted by molar-refractivity contribution is 5.89. The molecule has 5 atom stereocenters. The number of hydrogen-bond acceptors (Lipinski definition) is 9. The second kappa shape index (κ2) is 13.4. The van der Waals surface area contributed by atoms with Gasteiger partial charge in [-0.25, -0.2) is 4.79 Å². The number of aliphatic hydroxyl groups is 1. The fourth-order valence-electron chi connectivity index (χ4n) is 4.27. The van der Waals surface area contributed by atoms with Crippen LogP contribution in [-0.2, 0) is 32.2 Å². The van der Waals surface area contributed by atoms with Crippen LogP contribution in [0.25, 0.3) is 0 Å². The fourth-order valence-corrected chi connectivity index (χ4v) is 4.27. The molecule has 1 N–H and O–H groups in total. The van der Waals surface area contributed by atoms with Gasteiger partial charge in [-0.1, -0.05) is 24.3 Å². The van der Waals surface area contributed by atoms with Crippen molar-refractivity contribution >= 4 is 5.97 Å². The second-order valence-corrected chi connectivity index (χ2v) is 9.08. The summed E-state index contributed by atoms with van der Waals surface area (Å²) >= 11 is 0. The van der Waals surface area contributed by atoms with E-state index in [2.05, 4.69) is 0 Å². The predicted molar refractivity (Wildman–Crippen MR) is 142 cm³/mol. The number of benzene rings is 3. The highest BCUT2D eigenvalue weighted by Gasteiger charge is 2.47. The molecule has 1 aliphatic heterocycles. The number of carbonyl (C=O) groups excluding carboxylic acids is 1. The maximum absolute atomic E-state index is 13.1. The van der Waals surface area contributed by atoms with Crippen LogP contribution in [0.3, 0.4) is 0 Å². The normalized spacial score (nSPS) is 22.6. The first-order chi connectivity index (χ1) is 18.9. The van der Waals surface area contributed by atoms with Crippen molar-refractivity contribution in [1.82, 2.24) is 0 Å². The van der Waals surface area contributed by atoms with Gasteiger partial charge in [-0.15, -0.1) is 0 Å². The van der Waals surface area contributed by atoms with Gasteiger partial charge in [0.2, 0.25) is 0 Å². The van der Waals surface area contributed by atoms with E-state index in [0.717, 1.165) is 22.6 Å². The smallest absolute Gasteiger partial charge is 0.338 e. The first-order valence-electron chi connectivity index (χ1n) is 12.6. The van der Waals surface area contributed by atoms with E-state index >= 15 is 0 Å². The maximum atomic E-state index is 13.1. The van der Waals surface area contributed by atoms with Crippen molar-refractivity contribution in [3.05, 3.63) is 89.5 Å². The molecule has 3 aromatic rings. The molecule has 1 saturated heterocycles. The van der Waals surface area contributed by atoms with Crippen molar-refractivity contribution in [3.63, 3.8) is 0 Å². The van der Waals surface area contributed by atoms with Gasteiger partial charge in [0.15, 0.2) is 12.4 Å². The Hall–Kier alpha value is -3.63. The van der Waals surface area contributed by atoms with Gasteiger partial charge in [-0.05, 0) is 66.6 Å². The highest BCUT2D eigenvalue weighted by Crippen LogP contribution is 2.30. The van der Waals surface area contributed by atoms with Crippen LogP contribution in [-0.4, -0.2) is 63.1 Å². The van der Waals surface area contributed by atoms with Crippen molar-refractivity contribution in [1.29, 1.82) is 0 Å². The molecular weight excluding hydrogens is 504 g/mol. The van der Waals surface area contributed by atoms with E-state index in [-0.39, 0.29) is 13.2 Å². The summed E-state index contributed by atoms with van der Waals surface area (Å²) in [6.45, 7) is 2.08. The van der Waals surface area contributed by atoms with Crippen LogP contribution in [0.4, 0.5) is 0 Å². The lowest BCUT2D eigenvalue weighted by Crippen LogP contribution is -2.59. The summed E-state index contributed by atoms with van der Waals surface area (Å²) < 4.78 is 39.7. The number of methoxy groups -OCH3 is 3. The Bertz CT molecular complexity index is 1180. The third-order valence-corrected chi connectivity index (χ3v) is 6.52. The lowest BCUT2D eigenvalue weighted by molar-refractivity contribution is -0.299. The van der Waals surface area contributed by atoms with Gasteiger partial charge >= 0.3 is 5.97 Å². The number of ether oxygens (including phenoxy) is 7. The minimum absolute atomic E-state index is 0.172. The summed E-state index contributed by atoms with van der Waals surface area (Å²) in [6, 6.07) is 21.4. The maximum Gasteiger partial charge on any atom is 0.338 e. The Morgan fingerprint density at radius 2 is 1.13 bits per heavy atom. The average molecular weight is 539 g/mol. The summed E-state index contributed by atoms with van der Waals surface area (Å²) in [6.07, 6.45) is -4.58. The molecule has 0 radical (unpaired) electrons. The van der Waals surface area contributed by atoms with E-state index in [4.69, 9.17) is 33.2 Å². The lowest BCUT2D eigenvalue weighted by Gasteiger charge is -2.43. The Balaban J connectivity index is 1.54. The summed E-state index contributed by atoms with van der Waals surface area (Å²) in [5, 5.41) is 10.8. The van der Waals surface area contributed by atoms with E-state index in [1.807, 2.05) is 48.5 Å². The molecule has 0 spiro atoms. The standard InChI is InChI=1S/C30H34O9/c1-19-26(39-29(31)22-9-15-25(35-4)16-10-22)27(36-17-20-5-11-23(33-2)12-6-20)28(30(32)38-19)37-18-21-7-13-24(34-3)14-8-21/h5-16,19,26-28,30,32H,17-18H2,1-4H3/t19-,26-,27+,28+,30+/m0/s1. The zero-order chi connectivity index (χ0) is 27.8. The van der Waals surface area contributed by atoms with Gasteiger partial charge in [0.1, 0.15) is 29.5 Å². The van der Waals surface area contributed by atoms with E-state index in [9.17, 15) is 9.90 Å². The van der Waals surface area contributed by atoms with E-state index < -0.39 is 36.7 Å². The Morgan fingerprint density at radius 1 is 0.692 bits per heavy atom. The summed E-state index contributed by atoms with van der Waals surface area (Å²) in [5.41, 5.74) is 2.08. The molecule has 0 bridgehead atoms. The van der Waals surface area contributed by atoms with Crippen LogP contribution in [0.15, 0.2) is 72.8 Å². The minimum atomic E-state index is -1.30. The third kappa shape index (κ3) is 7.27. The van der Waals surface area contributed by atoms with Crippen LogP contribution in [0.5, 0.6) is 17.2 Å². The highest BCUT2D eigenvalue weighted by atomic mass is 16.7. The summed E-state index contributed by atoms with van der Waals surface area (Å²) in [4.78, 5) is 13.1. The van der Waals surface area contributed by atoms with Gasteiger partial charge in [0, 0.05) is 0 Å². The SMILES string of the molecule is COc1ccc(CO[C@@H]2[C@@H](OC(=O)c3ccc(OC)cc3)[C@H](C)O[C@@H](O)[C@@H]2OCc2ccc(OC)cc2)cc1. The van der Waals surface area contributed by atoms with Crippen molar-refractivity contribution in [2.75, 3.05) is 21.3 Å². The van der Waals surface area contributed by atoms with Gasteiger partial charge in [-0.3, -0.25) is 0 Å². The molecule has 0 amide bonds. The van der Waals surface area contributed by atoms with E-state index in [1.165, 1.54) is 0 Å². The van der Waals surface area contributed by atoms with Crippen LogP contribution < -0.4 is 14.2 Å². The molecule has 1 heterocycles. The molecule has 1 aliphatic rings. The van der Waals surface area contributed by atoms with Gasteiger partial charge in [0.05, 0.1) is 46.2 Å². The first-order valence-corrected chi connectivity index (χ1v) is 12.6. The Morgan fingerprint density at radius 3 is 1.59 bits per heavy atom. The molecule has 0 aromatic heterocycles. The number of hydrogen-bond donors (Lipinski definition) is 1. The number of carbonyl (C=O) groups is 1. The summed E-state index contributed by atoms with van der Waals surface area (Å²) in [5.74, 6) is 1.51. The molecule has 0 unspecified atom stereocenters. The zero-order valence-electron chi connectivity index (χ0n) is 22.4. The van der Waals surface area contributed by atoms with E-state index in [0.29, 0.717) is 11.3 Å². The van der Waals surface area contributed by atoms with Crippen LogP contribution >= 0.6 is 0 Å². The zero-order valence-corrected chi connectivity index (χ0v) is 22.4. The topological polar surface area (TPSA) is 102 Å². The molecule has 39 heavy (non-hydrogen) atoms. The van der Waals surface area contributed by atoms with E-state index in [1.54, 1.807) is 52.5 Å². The Kier molecular flexibility index (Phi) is 9.78. The second-order valence-electron chi connectivity index (χ2n) is 9.08. The lowest BCUT2D eigenvalue weighted by atomic mass is 9.98. The fraction of sp³-hybridized carbons (Fsp3) is 0.367. The molecule has 9 nitrogen and oxygen atoms in total. The van der Waals surface area contributed by atoms with Gasteiger partial charge < -0.3 is 38.3 Å². The predicted octanol–water partition coefficient (Wildman–Crippen LogP) is 4.15. The van der Waals surface area contributed by atoms with Gasteiger partial charge in [-0.2, -0.15) is 0 Å². The molecule has 208 valence electrons. The van der Waals surface area contributed by atoms with Crippen molar-refractivity contribution in [2.45, 2.75) is 50.8 Å². The molecule has 1 fully saturated rings. The third-order valence-electron chi connectivity index (χ3n) is 6.52. The molecular formula is C30H34O9. The quantitative estimate of drug-likeness (QED) is 0.361. The van der Waals surface area contributed by atoms with Crippen molar-refractivity contribution in [2.24, 2.45) is 0 Å². The largest absolute Gasteiger partial charge is 0.497 e.